The molecular weight excluding hydrogens is 268 g/mol. The van der Waals surface area contributed by atoms with Crippen molar-refractivity contribution in [2.75, 3.05) is 26.7 Å². The second kappa shape index (κ2) is 8.37. The lowest BCUT2D eigenvalue weighted by Gasteiger charge is -2.43. The van der Waals surface area contributed by atoms with E-state index in [9.17, 15) is 9.59 Å². The summed E-state index contributed by atoms with van der Waals surface area (Å²) in [6.07, 6.45) is 8.81. The molecule has 2 rings (SSSR count). The fourth-order valence-corrected chi connectivity index (χ4v) is 3.73. The predicted molar refractivity (Wildman–Crippen MR) is 80.8 cm³/mol. The van der Waals surface area contributed by atoms with Crippen molar-refractivity contribution in [3.05, 3.63) is 0 Å². The number of methoxy groups -OCH3 is 1. The minimum atomic E-state index is -0.217. The molecule has 1 aliphatic carbocycles. The van der Waals surface area contributed by atoms with Gasteiger partial charge in [-0.25, -0.2) is 0 Å². The Morgan fingerprint density at radius 3 is 2.76 bits per heavy atom. The van der Waals surface area contributed by atoms with E-state index in [0.29, 0.717) is 32.0 Å². The first-order valence-corrected chi connectivity index (χ1v) is 8.28. The van der Waals surface area contributed by atoms with Crippen molar-refractivity contribution in [3.63, 3.8) is 0 Å². The molecule has 1 saturated carbocycles. The standard InChI is InChI=1S/C16H28N2O3/c1-21-16(20)9-4-10-17-15(19)12-18-11-5-7-13-6-2-3-8-14(13)18/h13-14H,2-12H2,1H3,(H,17,19). The van der Waals surface area contributed by atoms with Gasteiger partial charge < -0.3 is 10.1 Å². The van der Waals surface area contributed by atoms with Crippen molar-refractivity contribution < 1.29 is 14.3 Å². The normalized spacial score (nSPS) is 26.0. The minimum Gasteiger partial charge on any atom is -0.469 e. The van der Waals surface area contributed by atoms with E-state index in [-0.39, 0.29) is 11.9 Å². The summed E-state index contributed by atoms with van der Waals surface area (Å²) in [5.74, 6) is 0.677. The molecule has 2 fully saturated rings. The van der Waals surface area contributed by atoms with Crippen LogP contribution in [0.3, 0.4) is 0 Å². The molecule has 5 heteroatoms. The molecule has 1 saturated heterocycles. The van der Waals surface area contributed by atoms with Gasteiger partial charge in [-0.15, -0.1) is 0 Å². The van der Waals surface area contributed by atoms with E-state index in [1.54, 1.807) is 0 Å². The van der Waals surface area contributed by atoms with Crippen molar-refractivity contribution in [3.8, 4) is 0 Å². The Balaban J connectivity index is 1.68. The maximum absolute atomic E-state index is 12.0. The SMILES string of the molecule is COC(=O)CCCNC(=O)CN1CCCC2CCCCC21. The number of hydrogen-bond donors (Lipinski definition) is 1. The van der Waals surface area contributed by atoms with Gasteiger partial charge in [0, 0.05) is 19.0 Å². The summed E-state index contributed by atoms with van der Waals surface area (Å²) >= 11 is 0. The highest BCUT2D eigenvalue weighted by atomic mass is 16.5. The van der Waals surface area contributed by atoms with E-state index in [4.69, 9.17) is 0 Å². The first-order chi connectivity index (χ1) is 10.2. The molecule has 0 bridgehead atoms. The number of rotatable bonds is 6. The van der Waals surface area contributed by atoms with Crippen molar-refractivity contribution in [2.45, 2.75) is 57.4 Å². The van der Waals surface area contributed by atoms with Crippen molar-refractivity contribution >= 4 is 11.9 Å². The lowest BCUT2D eigenvalue weighted by Crippen LogP contribution is -2.50. The Morgan fingerprint density at radius 2 is 1.95 bits per heavy atom. The van der Waals surface area contributed by atoms with Crippen molar-refractivity contribution in [1.82, 2.24) is 10.2 Å². The average molecular weight is 296 g/mol. The maximum Gasteiger partial charge on any atom is 0.305 e. The van der Waals surface area contributed by atoms with Crippen LogP contribution in [0.25, 0.3) is 0 Å². The average Bonchev–Trinajstić information content (AvgIpc) is 2.51. The van der Waals surface area contributed by atoms with Crippen molar-refractivity contribution in [1.29, 1.82) is 0 Å². The number of carbonyl (C=O) groups is 2. The van der Waals surface area contributed by atoms with Gasteiger partial charge in [0.2, 0.25) is 5.91 Å². The first kappa shape index (κ1) is 16.3. The van der Waals surface area contributed by atoms with Crippen LogP contribution in [0, 0.1) is 5.92 Å². The largest absolute Gasteiger partial charge is 0.469 e. The van der Waals surface area contributed by atoms with Gasteiger partial charge in [-0.3, -0.25) is 14.5 Å². The van der Waals surface area contributed by atoms with E-state index in [1.807, 2.05) is 0 Å². The van der Waals surface area contributed by atoms with Gasteiger partial charge in [-0.1, -0.05) is 12.8 Å². The molecule has 2 unspecified atom stereocenters. The molecule has 1 amide bonds. The van der Waals surface area contributed by atoms with Gasteiger partial charge in [0.1, 0.15) is 0 Å². The molecular formula is C16H28N2O3. The predicted octanol–water partition coefficient (Wildman–Crippen LogP) is 1.71. The fraction of sp³-hybridized carbons (Fsp3) is 0.875. The molecule has 1 heterocycles. The van der Waals surface area contributed by atoms with Crippen molar-refractivity contribution in [2.24, 2.45) is 5.92 Å². The van der Waals surface area contributed by atoms with Gasteiger partial charge >= 0.3 is 5.97 Å². The first-order valence-electron chi connectivity index (χ1n) is 8.28. The summed E-state index contributed by atoms with van der Waals surface area (Å²) in [6, 6.07) is 0.619. The topological polar surface area (TPSA) is 58.6 Å². The lowest BCUT2D eigenvalue weighted by atomic mass is 9.78. The molecule has 0 aromatic rings. The molecule has 0 radical (unpaired) electrons. The fourth-order valence-electron chi connectivity index (χ4n) is 3.73. The van der Waals surface area contributed by atoms with Crippen LogP contribution < -0.4 is 5.32 Å². The number of amides is 1. The van der Waals surface area contributed by atoms with Crippen LogP contribution in [0.15, 0.2) is 0 Å². The monoisotopic (exact) mass is 296 g/mol. The smallest absolute Gasteiger partial charge is 0.305 e. The van der Waals surface area contributed by atoms with E-state index >= 15 is 0 Å². The molecule has 2 aliphatic rings. The third-order valence-corrected chi connectivity index (χ3v) is 4.81. The number of ether oxygens (including phenoxy) is 1. The van der Waals surface area contributed by atoms with Gasteiger partial charge in [-0.2, -0.15) is 0 Å². The summed E-state index contributed by atoms with van der Waals surface area (Å²) in [4.78, 5) is 25.4. The Kier molecular flexibility index (Phi) is 6.49. The Hall–Kier alpha value is -1.10. The van der Waals surface area contributed by atoms with E-state index < -0.39 is 0 Å². The number of nitrogens with zero attached hydrogens (tertiary/aromatic N) is 1. The summed E-state index contributed by atoms with van der Waals surface area (Å²) in [7, 11) is 1.39. The van der Waals surface area contributed by atoms with Gasteiger partial charge in [-0.05, 0) is 44.6 Å². The Labute approximate surface area is 127 Å². The second-order valence-corrected chi connectivity index (χ2v) is 6.25. The second-order valence-electron chi connectivity index (χ2n) is 6.25. The maximum atomic E-state index is 12.0. The molecule has 5 nitrogen and oxygen atoms in total. The summed E-state index contributed by atoms with van der Waals surface area (Å²) < 4.78 is 4.58. The summed E-state index contributed by atoms with van der Waals surface area (Å²) in [5.41, 5.74) is 0. The zero-order valence-corrected chi connectivity index (χ0v) is 13.1. The Bertz CT molecular complexity index is 357. The van der Waals surface area contributed by atoms with E-state index in [0.717, 1.165) is 12.5 Å². The number of fused-ring (bicyclic) bond motifs is 1. The Morgan fingerprint density at radius 1 is 1.19 bits per heavy atom. The van der Waals surface area contributed by atoms with Crippen LogP contribution >= 0.6 is 0 Å². The number of nitrogens with one attached hydrogen (secondary N) is 1. The van der Waals surface area contributed by atoms with Crippen LogP contribution in [0.4, 0.5) is 0 Å². The molecule has 0 aromatic heterocycles. The van der Waals surface area contributed by atoms with Gasteiger partial charge in [0.15, 0.2) is 0 Å². The molecule has 0 spiro atoms. The molecule has 0 aromatic carbocycles. The molecule has 2 atom stereocenters. The molecule has 1 N–H and O–H groups in total. The third kappa shape index (κ3) is 4.99. The lowest BCUT2D eigenvalue weighted by molar-refractivity contribution is -0.140. The zero-order chi connectivity index (χ0) is 15.1. The molecule has 1 aliphatic heterocycles. The van der Waals surface area contributed by atoms with Gasteiger partial charge in [0.25, 0.3) is 0 Å². The van der Waals surface area contributed by atoms with Gasteiger partial charge in [0.05, 0.1) is 13.7 Å². The zero-order valence-electron chi connectivity index (χ0n) is 13.1. The van der Waals surface area contributed by atoms with Crippen LogP contribution in [0.2, 0.25) is 0 Å². The van der Waals surface area contributed by atoms with E-state index in [2.05, 4.69) is 15.0 Å². The third-order valence-electron chi connectivity index (χ3n) is 4.81. The minimum absolute atomic E-state index is 0.0890. The van der Waals surface area contributed by atoms with Crippen LogP contribution in [0.5, 0.6) is 0 Å². The summed E-state index contributed by atoms with van der Waals surface area (Å²) in [5, 5.41) is 2.92. The molecule has 21 heavy (non-hydrogen) atoms. The highest BCUT2D eigenvalue weighted by Crippen LogP contribution is 2.34. The number of carbonyl (C=O) groups excluding carboxylic acids is 2. The number of esters is 1. The van der Waals surface area contributed by atoms with Crippen LogP contribution in [0.1, 0.15) is 51.4 Å². The van der Waals surface area contributed by atoms with E-state index in [1.165, 1.54) is 45.6 Å². The number of piperidine rings is 1. The highest BCUT2D eigenvalue weighted by molar-refractivity contribution is 5.78. The van der Waals surface area contributed by atoms with Crippen LogP contribution in [-0.2, 0) is 14.3 Å². The number of hydrogen-bond acceptors (Lipinski definition) is 4. The number of likely N-dealkylation sites (tertiary alicyclic amines) is 1. The highest BCUT2D eigenvalue weighted by Gasteiger charge is 2.33. The molecule has 120 valence electrons. The quantitative estimate of drug-likeness (QED) is 0.599. The summed E-state index contributed by atoms with van der Waals surface area (Å²) in [6.45, 7) is 2.12. The van der Waals surface area contributed by atoms with Crippen LogP contribution in [-0.4, -0.2) is 49.6 Å².